The molecule has 12 nitrogen and oxygen atoms in total. The van der Waals surface area contributed by atoms with Crippen LogP contribution >= 0.6 is 0 Å². The predicted octanol–water partition coefficient (Wildman–Crippen LogP) is 2.15. The summed E-state index contributed by atoms with van der Waals surface area (Å²) in [5, 5.41) is 20.4. The number of hydrogen-bond donors (Lipinski definition) is 4. The van der Waals surface area contributed by atoms with Crippen molar-refractivity contribution >= 4 is 27.4 Å². The summed E-state index contributed by atoms with van der Waals surface area (Å²) in [6, 6.07) is 8.71. The average molecular weight is 556 g/mol. The number of urea groups is 1. The van der Waals surface area contributed by atoms with Gasteiger partial charge >= 0.3 is 6.03 Å². The summed E-state index contributed by atoms with van der Waals surface area (Å²) in [6.07, 6.45) is 0.479. The number of aliphatic hydroxyl groups excluding tert-OH is 1. The number of H-pyrrole nitrogens is 1. The molecule has 1 saturated carbocycles. The van der Waals surface area contributed by atoms with Gasteiger partial charge in [-0.3, -0.25) is 5.10 Å². The van der Waals surface area contributed by atoms with E-state index < -0.39 is 21.1 Å². The predicted molar refractivity (Wildman–Crippen MR) is 146 cm³/mol. The smallest absolute Gasteiger partial charge is 0.319 e. The molecule has 2 amide bonds. The van der Waals surface area contributed by atoms with E-state index in [1.54, 1.807) is 26.0 Å². The van der Waals surface area contributed by atoms with Gasteiger partial charge in [-0.2, -0.15) is 5.10 Å². The van der Waals surface area contributed by atoms with Gasteiger partial charge in [0, 0.05) is 36.3 Å². The van der Waals surface area contributed by atoms with Crippen molar-refractivity contribution in [1.82, 2.24) is 25.5 Å². The number of morpholine rings is 1. The number of aromatic nitrogens is 4. The number of aryl methyl sites for hydroxylation is 2. The third kappa shape index (κ3) is 5.60. The largest absolute Gasteiger partial charge is 0.395 e. The molecule has 1 aromatic carbocycles. The number of amides is 2. The Kier molecular flexibility index (Phi) is 7.56. The lowest BCUT2D eigenvalue weighted by Crippen LogP contribution is -2.44. The summed E-state index contributed by atoms with van der Waals surface area (Å²) >= 11 is 0. The molecule has 0 bridgehead atoms. The van der Waals surface area contributed by atoms with Gasteiger partial charge in [-0.25, -0.2) is 23.2 Å². The molecule has 2 aliphatic rings. The van der Waals surface area contributed by atoms with Gasteiger partial charge in [-0.05, 0) is 51.5 Å². The third-order valence-electron chi connectivity index (χ3n) is 7.05. The Labute approximate surface area is 227 Å². The van der Waals surface area contributed by atoms with Crippen LogP contribution in [0, 0.1) is 13.8 Å². The Morgan fingerprint density at radius 3 is 2.67 bits per heavy atom. The molecule has 2 unspecified atom stereocenters. The monoisotopic (exact) mass is 555 g/mol. The maximum atomic E-state index is 13.5. The van der Waals surface area contributed by atoms with Gasteiger partial charge in [0.1, 0.15) is 10.7 Å². The maximum absolute atomic E-state index is 13.5. The molecular formula is C26H33N7O5S. The van der Waals surface area contributed by atoms with E-state index in [0.717, 1.165) is 11.4 Å². The second kappa shape index (κ2) is 10.9. The van der Waals surface area contributed by atoms with Crippen molar-refractivity contribution in [3.05, 3.63) is 47.4 Å². The van der Waals surface area contributed by atoms with E-state index in [-0.39, 0.29) is 30.0 Å². The zero-order valence-electron chi connectivity index (χ0n) is 22.1. The third-order valence-corrected chi connectivity index (χ3v) is 9.54. The van der Waals surface area contributed by atoms with Crippen LogP contribution in [0.25, 0.3) is 11.4 Å². The molecule has 39 heavy (non-hydrogen) atoms. The first kappa shape index (κ1) is 27.0. The molecule has 4 N–H and O–H groups in total. The Morgan fingerprint density at radius 1 is 1.23 bits per heavy atom. The van der Waals surface area contributed by atoms with Crippen molar-refractivity contribution < 1.29 is 23.1 Å². The Balaban J connectivity index is 1.45. The number of benzene rings is 1. The number of anilines is 2. The van der Waals surface area contributed by atoms with Gasteiger partial charge in [0.05, 0.1) is 48.2 Å². The van der Waals surface area contributed by atoms with E-state index in [1.165, 1.54) is 0 Å². The first-order valence-corrected chi connectivity index (χ1v) is 14.5. The zero-order valence-corrected chi connectivity index (χ0v) is 23.0. The Hall–Kier alpha value is -3.55. The van der Waals surface area contributed by atoms with E-state index >= 15 is 0 Å². The fourth-order valence-electron chi connectivity index (χ4n) is 4.97. The molecule has 3 aromatic rings. The van der Waals surface area contributed by atoms with E-state index in [1.807, 2.05) is 18.2 Å². The van der Waals surface area contributed by atoms with Crippen LogP contribution in [0.3, 0.4) is 0 Å². The standard InChI is InChI=1S/C26H33N7O5S/c1-15-14-38-11-9-33(15)23-13-21(20-12-22(20)39(36,37)24-16(2)31-32-17(24)3)29-25(30-23)18-4-6-19(7-5-18)28-26(35)27-8-10-34/h4-7,13,15,20,22,34H,8-12,14H2,1-3H3,(H,31,32)(H2,27,28,35)/t15-,20?,22?/m0/s1. The zero-order chi connectivity index (χ0) is 27.7. The minimum atomic E-state index is -3.58. The molecule has 13 heteroatoms. The Bertz CT molecular complexity index is 1440. The quantitative estimate of drug-likeness (QED) is 0.326. The number of aliphatic hydroxyl groups is 1. The van der Waals surface area contributed by atoms with Crippen molar-refractivity contribution in [2.75, 3.05) is 43.1 Å². The topological polar surface area (TPSA) is 162 Å². The molecule has 1 saturated heterocycles. The van der Waals surface area contributed by atoms with Crippen LogP contribution < -0.4 is 15.5 Å². The Morgan fingerprint density at radius 2 is 2.00 bits per heavy atom. The molecule has 2 fully saturated rings. The van der Waals surface area contributed by atoms with Gasteiger partial charge in [0.15, 0.2) is 15.7 Å². The number of carbonyl (C=O) groups is 1. The number of aromatic amines is 1. The van der Waals surface area contributed by atoms with Crippen molar-refractivity contribution in [2.45, 2.75) is 49.3 Å². The fourth-order valence-corrected chi connectivity index (χ4v) is 7.24. The lowest BCUT2D eigenvalue weighted by atomic mass is 10.1. The van der Waals surface area contributed by atoms with Crippen molar-refractivity contribution in [2.24, 2.45) is 0 Å². The fraction of sp³-hybridized carbons (Fsp3) is 0.462. The highest BCUT2D eigenvalue weighted by atomic mass is 32.2. The second-order valence-corrected chi connectivity index (χ2v) is 12.1. The summed E-state index contributed by atoms with van der Waals surface area (Å²) < 4.78 is 32.6. The molecule has 2 aromatic heterocycles. The average Bonchev–Trinajstić information content (AvgIpc) is 3.67. The van der Waals surface area contributed by atoms with E-state index in [2.05, 4.69) is 32.7 Å². The lowest BCUT2D eigenvalue weighted by molar-refractivity contribution is 0.0985. The summed E-state index contributed by atoms with van der Waals surface area (Å²) in [6.45, 7) is 7.33. The van der Waals surface area contributed by atoms with Crippen LogP contribution in [0.15, 0.2) is 35.2 Å². The molecule has 1 aliphatic carbocycles. The molecule has 1 aliphatic heterocycles. The van der Waals surface area contributed by atoms with Crippen molar-refractivity contribution in [3.63, 3.8) is 0 Å². The number of nitrogens with zero attached hydrogens (tertiary/aromatic N) is 4. The number of sulfone groups is 1. The summed E-state index contributed by atoms with van der Waals surface area (Å²) in [5.41, 5.74) is 3.02. The van der Waals surface area contributed by atoms with Crippen LogP contribution in [0.2, 0.25) is 0 Å². The highest BCUT2D eigenvalue weighted by Gasteiger charge is 2.51. The number of nitrogens with one attached hydrogen (secondary N) is 3. The van der Waals surface area contributed by atoms with Gasteiger partial charge in [-0.1, -0.05) is 0 Å². The van der Waals surface area contributed by atoms with Crippen LogP contribution in [0.4, 0.5) is 16.3 Å². The van der Waals surface area contributed by atoms with Crippen LogP contribution in [0.1, 0.15) is 36.3 Å². The normalized spacial score (nSPS) is 21.0. The molecule has 0 spiro atoms. The van der Waals surface area contributed by atoms with Crippen LogP contribution in [0.5, 0.6) is 0 Å². The lowest BCUT2D eigenvalue weighted by Gasteiger charge is -2.34. The van der Waals surface area contributed by atoms with Crippen LogP contribution in [-0.4, -0.2) is 83.9 Å². The molecule has 3 heterocycles. The van der Waals surface area contributed by atoms with Crippen molar-refractivity contribution in [3.8, 4) is 11.4 Å². The van der Waals surface area contributed by atoms with Crippen LogP contribution in [-0.2, 0) is 14.6 Å². The highest BCUT2D eigenvalue weighted by Crippen LogP contribution is 2.49. The first-order valence-electron chi connectivity index (χ1n) is 12.9. The summed E-state index contributed by atoms with van der Waals surface area (Å²) in [5.74, 6) is 0.961. The van der Waals surface area contributed by atoms with E-state index in [4.69, 9.17) is 19.8 Å². The summed E-state index contributed by atoms with van der Waals surface area (Å²) in [7, 11) is -3.58. The number of carbonyl (C=O) groups excluding carboxylic acids is 1. The minimum Gasteiger partial charge on any atom is -0.395 e. The molecule has 3 atom stereocenters. The minimum absolute atomic E-state index is 0.105. The molecular weight excluding hydrogens is 522 g/mol. The van der Waals surface area contributed by atoms with Gasteiger partial charge in [-0.15, -0.1) is 0 Å². The highest BCUT2D eigenvalue weighted by molar-refractivity contribution is 7.92. The second-order valence-electron chi connectivity index (χ2n) is 9.96. The number of rotatable bonds is 8. The number of hydrogen-bond acceptors (Lipinski definition) is 9. The van der Waals surface area contributed by atoms with E-state index in [0.29, 0.717) is 54.8 Å². The van der Waals surface area contributed by atoms with Gasteiger partial charge in [0.25, 0.3) is 0 Å². The molecule has 5 rings (SSSR count). The molecule has 0 radical (unpaired) electrons. The first-order chi connectivity index (χ1) is 18.7. The maximum Gasteiger partial charge on any atom is 0.319 e. The SMILES string of the molecule is Cc1n[nH]c(C)c1S(=O)(=O)C1CC1c1cc(N2CCOC[C@@H]2C)nc(-c2ccc(NC(=O)NCCO)cc2)n1. The molecule has 208 valence electrons. The van der Waals surface area contributed by atoms with E-state index in [9.17, 15) is 13.2 Å². The van der Waals surface area contributed by atoms with Gasteiger partial charge < -0.3 is 25.4 Å². The number of ether oxygens (including phenoxy) is 1. The van der Waals surface area contributed by atoms with Crippen molar-refractivity contribution in [1.29, 1.82) is 0 Å². The van der Waals surface area contributed by atoms with Gasteiger partial charge in [0.2, 0.25) is 0 Å². The summed E-state index contributed by atoms with van der Waals surface area (Å²) in [4.78, 5) is 24.0.